The van der Waals surface area contributed by atoms with Crippen LogP contribution in [0.15, 0.2) is 23.1 Å². The van der Waals surface area contributed by atoms with Crippen molar-refractivity contribution in [3.05, 3.63) is 23.8 Å². The summed E-state index contributed by atoms with van der Waals surface area (Å²) >= 11 is 0. The maximum atomic E-state index is 13.5. The van der Waals surface area contributed by atoms with Crippen LogP contribution in [0, 0.1) is 5.92 Å². The Hall–Kier alpha value is -1.64. The first-order valence-corrected chi connectivity index (χ1v) is 14.6. The van der Waals surface area contributed by atoms with Gasteiger partial charge >= 0.3 is 0 Å². The maximum Gasteiger partial charge on any atom is 0.253 e. The molecule has 4 rings (SSSR count). The molecule has 3 aliphatic rings. The van der Waals surface area contributed by atoms with Gasteiger partial charge in [-0.2, -0.15) is 4.31 Å². The number of carbonyl (C=O) groups excluding carboxylic acids is 1. The molecule has 1 amide bonds. The van der Waals surface area contributed by atoms with E-state index in [1.165, 1.54) is 45.3 Å². The van der Waals surface area contributed by atoms with Gasteiger partial charge in [0.15, 0.2) is 0 Å². The minimum Gasteiger partial charge on any atom is -0.495 e. The van der Waals surface area contributed by atoms with Gasteiger partial charge in [-0.1, -0.05) is 25.7 Å². The van der Waals surface area contributed by atoms with E-state index in [0.29, 0.717) is 30.9 Å². The lowest BCUT2D eigenvalue weighted by molar-refractivity contribution is 0.0759. The first-order valence-electron chi connectivity index (χ1n) is 13.1. The van der Waals surface area contributed by atoms with Crippen LogP contribution >= 0.6 is 0 Å². The minimum atomic E-state index is -3.74. The fourth-order valence-corrected chi connectivity index (χ4v) is 7.72. The second-order valence-corrected chi connectivity index (χ2v) is 12.1. The molecular formula is C26H41N3O4S. The van der Waals surface area contributed by atoms with E-state index in [4.69, 9.17) is 4.74 Å². The Kier molecular flexibility index (Phi) is 8.53. The lowest BCUT2D eigenvalue weighted by Crippen LogP contribution is -2.42. The molecule has 8 heteroatoms. The number of hydrogen-bond donors (Lipinski definition) is 0. The number of ether oxygens (including phenoxy) is 1. The van der Waals surface area contributed by atoms with Crippen LogP contribution < -0.4 is 4.74 Å². The van der Waals surface area contributed by atoms with Crippen molar-refractivity contribution in [2.45, 2.75) is 75.6 Å². The van der Waals surface area contributed by atoms with Gasteiger partial charge in [-0.15, -0.1) is 0 Å². The first-order chi connectivity index (χ1) is 16.4. The molecule has 1 atom stereocenters. The zero-order chi connectivity index (χ0) is 24.1. The fraction of sp³-hybridized carbons (Fsp3) is 0.731. The summed E-state index contributed by atoms with van der Waals surface area (Å²) in [5.41, 5.74) is 0.421. The number of nitrogens with zero attached hydrogens (tertiary/aromatic N) is 3. The third-order valence-electron chi connectivity index (χ3n) is 7.86. The van der Waals surface area contributed by atoms with Crippen molar-refractivity contribution in [1.82, 2.24) is 14.1 Å². The highest BCUT2D eigenvalue weighted by molar-refractivity contribution is 7.89. The Balaban J connectivity index is 1.48. The van der Waals surface area contributed by atoms with Gasteiger partial charge in [0.2, 0.25) is 10.0 Å². The lowest BCUT2D eigenvalue weighted by atomic mass is 9.89. The van der Waals surface area contributed by atoms with Crippen molar-refractivity contribution in [2.24, 2.45) is 5.92 Å². The summed E-state index contributed by atoms with van der Waals surface area (Å²) in [6.45, 7) is 6.90. The molecular weight excluding hydrogens is 450 g/mol. The predicted octanol–water partition coefficient (Wildman–Crippen LogP) is 3.99. The van der Waals surface area contributed by atoms with E-state index in [9.17, 15) is 13.2 Å². The van der Waals surface area contributed by atoms with Gasteiger partial charge in [-0.3, -0.25) is 4.79 Å². The Morgan fingerprint density at radius 2 is 1.71 bits per heavy atom. The summed E-state index contributed by atoms with van der Waals surface area (Å²) < 4.78 is 34.0. The van der Waals surface area contributed by atoms with Gasteiger partial charge in [0.05, 0.1) is 7.11 Å². The molecule has 1 aromatic rings. The van der Waals surface area contributed by atoms with E-state index in [2.05, 4.69) is 4.90 Å². The number of hydrogen-bond acceptors (Lipinski definition) is 5. The van der Waals surface area contributed by atoms with Crippen molar-refractivity contribution in [2.75, 3.05) is 46.4 Å². The number of rotatable bonds is 6. The summed E-state index contributed by atoms with van der Waals surface area (Å²) in [6, 6.07) is 4.80. The lowest BCUT2D eigenvalue weighted by Gasteiger charge is -2.32. The van der Waals surface area contributed by atoms with Crippen LogP contribution in [0.3, 0.4) is 0 Å². The van der Waals surface area contributed by atoms with Crippen molar-refractivity contribution in [1.29, 1.82) is 0 Å². The predicted molar refractivity (Wildman–Crippen MR) is 134 cm³/mol. The quantitative estimate of drug-likeness (QED) is 0.602. The number of amides is 1. The molecule has 2 aliphatic heterocycles. The van der Waals surface area contributed by atoms with Gasteiger partial charge in [-0.05, 0) is 69.7 Å². The summed E-state index contributed by atoms with van der Waals surface area (Å²) in [6.07, 6.45) is 10.4. The molecule has 3 fully saturated rings. The molecule has 0 aromatic heterocycles. The fourth-order valence-electron chi connectivity index (χ4n) is 5.84. The highest BCUT2D eigenvalue weighted by atomic mass is 32.2. The van der Waals surface area contributed by atoms with Crippen LogP contribution in [-0.4, -0.2) is 80.9 Å². The first kappa shape index (κ1) is 25.5. The molecule has 0 radical (unpaired) electrons. The topological polar surface area (TPSA) is 70.2 Å². The third-order valence-corrected chi connectivity index (χ3v) is 9.89. The van der Waals surface area contributed by atoms with E-state index in [-0.39, 0.29) is 16.8 Å². The van der Waals surface area contributed by atoms with E-state index >= 15 is 0 Å². The van der Waals surface area contributed by atoms with Crippen LogP contribution in [0.25, 0.3) is 0 Å². The molecule has 2 heterocycles. The number of carbonyl (C=O) groups is 1. The summed E-state index contributed by atoms with van der Waals surface area (Å²) in [5.74, 6) is 0.997. The normalized spacial score (nSPS) is 24.1. The van der Waals surface area contributed by atoms with Gasteiger partial charge in [0.25, 0.3) is 5.91 Å². The zero-order valence-electron chi connectivity index (χ0n) is 20.9. The molecule has 1 aliphatic carbocycles. The van der Waals surface area contributed by atoms with Crippen molar-refractivity contribution < 1.29 is 17.9 Å². The van der Waals surface area contributed by atoms with E-state index in [0.717, 1.165) is 51.2 Å². The van der Waals surface area contributed by atoms with Gasteiger partial charge in [-0.25, -0.2) is 8.42 Å². The highest BCUT2D eigenvalue weighted by Crippen LogP contribution is 2.32. The van der Waals surface area contributed by atoms with Crippen molar-refractivity contribution in [3.8, 4) is 5.75 Å². The summed E-state index contributed by atoms with van der Waals surface area (Å²) in [5, 5.41) is 0. The number of benzene rings is 1. The molecule has 1 aromatic carbocycles. The molecule has 0 bridgehead atoms. The van der Waals surface area contributed by atoms with Crippen LogP contribution in [0.5, 0.6) is 5.75 Å². The standard InChI is InChI=1S/C26H41N3O4S/c1-21-9-6-7-16-29(21)34(31,32)25-19-23(12-13-24(25)33-2)26(30)28-15-8-14-27(17-18-28)20-22-10-4-3-5-11-22/h12-13,19,21-22H,3-11,14-18,20H2,1-2H3. The highest BCUT2D eigenvalue weighted by Gasteiger charge is 2.34. The Bertz CT molecular complexity index is 945. The van der Waals surface area contributed by atoms with Crippen molar-refractivity contribution >= 4 is 15.9 Å². The van der Waals surface area contributed by atoms with Gasteiger partial charge in [0.1, 0.15) is 10.6 Å². The van der Waals surface area contributed by atoms with Crippen LogP contribution in [0.1, 0.15) is 75.1 Å². The molecule has 190 valence electrons. The van der Waals surface area contributed by atoms with Crippen molar-refractivity contribution in [3.63, 3.8) is 0 Å². The van der Waals surface area contributed by atoms with Crippen LogP contribution in [-0.2, 0) is 10.0 Å². The van der Waals surface area contributed by atoms with Crippen LogP contribution in [0.4, 0.5) is 0 Å². The van der Waals surface area contributed by atoms with E-state index in [1.54, 1.807) is 16.4 Å². The summed E-state index contributed by atoms with van der Waals surface area (Å²) in [7, 11) is -2.27. The SMILES string of the molecule is COc1ccc(C(=O)N2CCCN(CC3CCCCC3)CC2)cc1S(=O)(=O)N1CCCCC1C. The average molecular weight is 492 g/mol. The number of piperidine rings is 1. The van der Waals surface area contributed by atoms with E-state index < -0.39 is 10.0 Å². The van der Waals surface area contributed by atoms with Crippen LogP contribution in [0.2, 0.25) is 0 Å². The van der Waals surface area contributed by atoms with Gasteiger partial charge in [0, 0.05) is 44.3 Å². The molecule has 1 unspecified atom stereocenters. The second-order valence-electron chi connectivity index (χ2n) is 10.3. The Labute approximate surface area is 205 Å². The minimum absolute atomic E-state index is 0.0523. The maximum absolute atomic E-state index is 13.5. The Morgan fingerprint density at radius 3 is 2.44 bits per heavy atom. The molecule has 1 saturated carbocycles. The number of methoxy groups -OCH3 is 1. The molecule has 2 saturated heterocycles. The number of sulfonamides is 1. The van der Waals surface area contributed by atoms with E-state index in [1.807, 2.05) is 11.8 Å². The molecule has 34 heavy (non-hydrogen) atoms. The Morgan fingerprint density at radius 1 is 0.941 bits per heavy atom. The largest absolute Gasteiger partial charge is 0.495 e. The third kappa shape index (κ3) is 5.77. The zero-order valence-corrected chi connectivity index (χ0v) is 21.7. The average Bonchev–Trinajstić information content (AvgIpc) is 3.09. The van der Waals surface area contributed by atoms with Gasteiger partial charge < -0.3 is 14.5 Å². The molecule has 0 spiro atoms. The smallest absolute Gasteiger partial charge is 0.253 e. The molecule has 0 N–H and O–H groups in total. The monoisotopic (exact) mass is 491 g/mol. The molecule has 7 nitrogen and oxygen atoms in total. The summed E-state index contributed by atoms with van der Waals surface area (Å²) in [4.78, 5) is 17.9. The second kappa shape index (κ2) is 11.4.